The van der Waals surface area contributed by atoms with E-state index in [1.165, 1.54) is 27.8 Å². The van der Waals surface area contributed by atoms with E-state index in [9.17, 15) is 0 Å². The molecule has 6 aromatic rings. The van der Waals surface area contributed by atoms with Crippen molar-refractivity contribution in [2.24, 2.45) is 0 Å². The van der Waals surface area contributed by atoms with E-state index in [0.29, 0.717) is 33.1 Å². The van der Waals surface area contributed by atoms with Gasteiger partial charge >= 0.3 is 0 Å². The molecule has 0 aromatic heterocycles. The van der Waals surface area contributed by atoms with Crippen molar-refractivity contribution in [1.82, 2.24) is 0 Å². The maximum absolute atomic E-state index is 8.72. The van der Waals surface area contributed by atoms with Crippen LogP contribution in [0.4, 0.5) is 0 Å². The van der Waals surface area contributed by atoms with Crippen LogP contribution >= 0.6 is 95.6 Å². The predicted octanol–water partition coefficient (Wildman–Crippen LogP) is 16.0. The first kappa shape index (κ1) is 62.6. The zero-order valence-electron chi connectivity index (χ0n) is 39.7. The lowest BCUT2D eigenvalue weighted by Gasteiger charge is -2.06. The number of alkyl halides is 6. The van der Waals surface area contributed by atoms with Crippen molar-refractivity contribution in [3.8, 4) is 53.7 Å². The van der Waals surface area contributed by atoms with Gasteiger partial charge in [-0.15, -0.1) is 0 Å². The Morgan fingerprint density at radius 3 is 1.36 bits per heavy atom. The molecule has 0 fully saturated rings. The second-order valence-electron chi connectivity index (χ2n) is 14.5. The molecule has 0 heterocycles. The standard InChI is InChI=1S/C10H10BrN.3C9H8BrNO.2C9H8BrN/c1-7-3-9(6-12)4-8(2)10(7)5-11;1-12-9-3-2-7(6-11)4-8(9)5-10;1-12-9-4-7(6-11)2-3-8(9)5-10;1-12-9-7(5-10)3-2-4-8(9)6-11;1-7-2-8(5-10)4-9(3-7)6-11;1-7-2-3-8(6-11)4-9(7)5-10/h3-4H,5H2,1-2H3;3*2-4H,5H2,1H3;2*2-4H,5H2,1H3. The van der Waals surface area contributed by atoms with Crippen molar-refractivity contribution in [3.63, 3.8) is 0 Å². The summed E-state index contributed by atoms with van der Waals surface area (Å²) in [6, 6.07) is 44.2. The zero-order chi connectivity index (χ0) is 52.6. The fraction of sp³-hybridized carbons (Fsp3) is 0.236. The Morgan fingerprint density at radius 1 is 0.386 bits per heavy atom. The molecule has 9 nitrogen and oxygen atoms in total. The highest BCUT2D eigenvalue weighted by Crippen LogP contribution is 2.26. The summed E-state index contributed by atoms with van der Waals surface area (Å²) in [7, 11) is 4.79. The summed E-state index contributed by atoms with van der Waals surface area (Å²) < 4.78 is 15.3. The number of ether oxygens (including phenoxy) is 3. The molecule has 0 N–H and O–H groups in total. The van der Waals surface area contributed by atoms with E-state index in [4.69, 9.17) is 45.8 Å². The molecule has 0 saturated heterocycles. The first-order chi connectivity index (χ1) is 33.7. The van der Waals surface area contributed by atoms with Crippen LogP contribution in [-0.4, -0.2) is 21.3 Å². The highest BCUT2D eigenvalue weighted by molar-refractivity contribution is 9.09. The molecule has 360 valence electrons. The van der Waals surface area contributed by atoms with E-state index in [-0.39, 0.29) is 0 Å². The largest absolute Gasteiger partial charge is 0.496 e. The van der Waals surface area contributed by atoms with Gasteiger partial charge in [0.05, 0.1) is 85.1 Å². The summed E-state index contributed by atoms with van der Waals surface area (Å²) in [5, 5.41) is 56.4. The van der Waals surface area contributed by atoms with Crippen LogP contribution in [0.2, 0.25) is 0 Å². The number of nitriles is 6. The molecule has 0 spiro atoms. The predicted molar refractivity (Wildman–Crippen MR) is 301 cm³/mol. The Morgan fingerprint density at radius 2 is 0.886 bits per heavy atom. The summed E-state index contributed by atoms with van der Waals surface area (Å²) in [5.74, 6) is 2.23. The fourth-order valence-corrected chi connectivity index (χ4v) is 9.21. The van der Waals surface area contributed by atoms with Crippen molar-refractivity contribution < 1.29 is 14.2 Å². The van der Waals surface area contributed by atoms with Crippen LogP contribution in [0.3, 0.4) is 0 Å². The highest BCUT2D eigenvalue weighted by Gasteiger charge is 2.07. The van der Waals surface area contributed by atoms with Crippen LogP contribution in [-0.2, 0) is 32.0 Å². The molecule has 0 aliphatic carbocycles. The van der Waals surface area contributed by atoms with Crippen LogP contribution in [0.25, 0.3) is 0 Å². The molecule has 0 amide bonds. The molecule has 6 rings (SSSR count). The Bertz CT molecular complexity index is 2810. The third-order valence-electron chi connectivity index (χ3n) is 9.68. The summed E-state index contributed by atoms with van der Waals surface area (Å²) in [5.41, 5.74) is 15.5. The number of para-hydroxylation sites is 1. The minimum Gasteiger partial charge on any atom is -0.496 e. The summed E-state index contributed by atoms with van der Waals surface area (Å²) >= 11 is 20.1. The van der Waals surface area contributed by atoms with Gasteiger partial charge in [-0.3, -0.25) is 0 Å². The molecule has 0 aliphatic heterocycles. The number of rotatable bonds is 9. The van der Waals surface area contributed by atoms with E-state index in [1.807, 2.05) is 94.4 Å². The fourth-order valence-electron chi connectivity index (χ4n) is 6.05. The molecule has 0 unspecified atom stereocenters. The van der Waals surface area contributed by atoms with Gasteiger partial charge in [0.2, 0.25) is 0 Å². The maximum atomic E-state index is 8.72. The molecule has 6 aromatic carbocycles. The summed E-state index contributed by atoms with van der Waals surface area (Å²) in [6.07, 6.45) is 0. The third kappa shape index (κ3) is 21.3. The van der Waals surface area contributed by atoms with Gasteiger partial charge in [-0.25, -0.2) is 0 Å². The van der Waals surface area contributed by atoms with Crippen LogP contribution in [0, 0.1) is 95.7 Å². The summed E-state index contributed by atoms with van der Waals surface area (Å²) in [6.45, 7) is 8.10. The third-order valence-corrected chi connectivity index (χ3v) is 13.3. The number of methoxy groups -OCH3 is 3. The Labute approximate surface area is 464 Å². The van der Waals surface area contributed by atoms with Crippen LogP contribution in [0.1, 0.15) is 89.0 Å². The average Bonchev–Trinajstić information content (AvgIpc) is 3.40. The second kappa shape index (κ2) is 35.6. The number of benzene rings is 6. The van der Waals surface area contributed by atoms with Crippen molar-refractivity contribution in [3.05, 3.63) is 192 Å². The lowest BCUT2D eigenvalue weighted by atomic mass is 10.0. The highest BCUT2D eigenvalue weighted by atomic mass is 79.9. The summed E-state index contributed by atoms with van der Waals surface area (Å²) in [4.78, 5) is 0. The van der Waals surface area contributed by atoms with Gasteiger partial charge < -0.3 is 14.2 Å². The number of hydrogen-bond acceptors (Lipinski definition) is 9. The van der Waals surface area contributed by atoms with E-state index in [2.05, 4.69) is 138 Å². The van der Waals surface area contributed by atoms with Gasteiger partial charge in [0.15, 0.2) is 0 Å². The SMILES string of the molecule is COc1c(C#N)cccc1CBr.COc1cc(C#N)ccc1CBr.COc1ccc(C#N)cc1CBr.Cc1cc(C#N)cc(C)c1CBr.Cc1cc(C#N)cc(CBr)c1.Cc1ccc(C#N)cc1CBr. The topological polar surface area (TPSA) is 170 Å². The monoisotopic (exact) mass is 1320 g/mol. The Kier molecular flexibility index (Phi) is 31.8. The molecule has 0 atom stereocenters. The molecular formula is C55H50Br6N6O3. The quantitative estimate of drug-likeness (QED) is 0.128. The smallest absolute Gasteiger partial charge is 0.140 e. The van der Waals surface area contributed by atoms with Gasteiger partial charge in [-0.05, 0) is 139 Å². The number of hydrogen-bond donors (Lipinski definition) is 0. The number of nitrogens with zero attached hydrogens (tertiary/aromatic N) is 6. The first-order valence-electron chi connectivity index (χ1n) is 20.7. The molecule has 0 bridgehead atoms. The van der Waals surface area contributed by atoms with E-state index in [0.717, 1.165) is 77.3 Å². The van der Waals surface area contributed by atoms with Crippen molar-refractivity contribution in [2.45, 2.75) is 59.7 Å². The van der Waals surface area contributed by atoms with E-state index in [1.54, 1.807) is 51.7 Å². The van der Waals surface area contributed by atoms with Crippen LogP contribution < -0.4 is 14.2 Å². The van der Waals surface area contributed by atoms with Gasteiger partial charge in [0, 0.05) is 48.7 Å². The lowest BCUT2D eigenvalue weighted by Crippen LogP contribution is -1.92. The molecule has 0 saturated carbocycles. The molecule has 15 heteroatoms. The van der Waals surface area contributed by atoms with Crippen molar-refractivity contribution in [2.75, 3.05) is 21.3 Å². The maximum Gasteiger partial charge on any atom is 0.140 e. The normalized spacial score (nSPS) is 9.19. The van der Waals surface area contributed by atoms with Crippen LogP contribution in [0.5, 0.6) is 17.2 Å². The first-order valence-corrected chi connectivity index (χ1v) is 27.5. The molecular weight excluding hydrogens is 1270 g/mol. The van der Waals surface area contributed by atoms with Crippen LogP contribution in [0.15, 0.2) is 103 Å². The van der Waals surface area contributed by atoms with Crippen molar-refractivity contribution >= 4 is 95.6 Å². The molecule has 70 heavy (non-hydrogen) atoms. The zero-order valence-corrected chi connectivity index (χ0v) is 49.2. The minimum atomic E-state index is 0.578. The minimum absolute atomic E-state index is 0.578. The average molecular weight is 1320 g/mol. The van der Waals surface area contributed by atoms with Gasteiger partial charge in [0.1, 0.15) is 23.3 Å². The van der Waals surface area contributed by atoms with Gasteiger partial charge in [0.25, 0.3) is 0 Å². The van der Waals surface area contributed by atoms with Gasteiger partial charge in [-0.1, -0.05) is 126 Å². The second-order valence-corrected chi connectivity index (χ2v) is 17.8. The molecule has 0 aliphatic rings. The number of halogens is 6. The van der Waals surface area contributed by atoms with E-state index < -0.39 is 0 Å². The Hall–Kier alpha value is -5.46. The molecule has 0 radical (unpaired) electrons. The lowest BCUT2D eigenvalue weighted by molar-refractivity contribution is 0.410. The van der Waals surface area contributed by atoms with Gasteiger partial charge in [-0.2, -0.15) is 31.6 Å². The Balaban J connectivity index is 0.000000420. The number of aryl methyl sites for hydroxylation is 4. The van der Waals surface area contributed by atoms with Crippen molar-refractivity contribution in [1.29, 1.82) is 31.6 Å². The van der Waals surface area contributed by atoms with E-state index >= 15 is 0 Å².